The molecule has 0 amide bonds. The van der Waals surface area contributed by atoms with Crippen molar-refractivity contribution in [2.24, 2.45) is 11.8 Å². The van der Waals surface area contributed by atoms with Crippen LogP contribution in [-0.4, -0.2) is 24.6 Å². The summed E-state index contributed by atoms with van der Waals surface area (Å²) in [4.78, 5) is 0. The predicted molar refractivity (Wildman–Crippen MR) is 76.2 cm³/mol. The molecule has 0 aromatic heterocycles. The summed E-state index contributed by atoms with van der Waals surface area (Å²) >= 11 is 1.97. The molecule has 1 saturated carbocycles. The molecule has 0 aromatic rings. The molecule has 1 rings (SSSR count). The lowest BCUT2D eigenvalue weighted by molar-refractivity contribution is 0.357. The lowest BCUT2D eigenvalue weighted by Crippen LogP contribution is -2.36. The van der Waals surface area contributed by atoms with Crippen molar-refractivity contribution in [1.82, 2.24) is 5.32 Å². The molecule has 2 heteroatoms. The molecule has 0 aromatic carbocycles. The molecule has 16 heavy (non-hydrogen) atoms. The van der Waals surface area contributed by atoms with E-state index in [4.69, 9.17) is 0 Å². The van der Waals surface area contributed by atoms with Crippen LogP contribution in [0.5, 0.6) is 0 Å². The highest BCUT2D eigenvalue weighted by Gasteiger charge is 2.32. The number of hydrogen-bond donors (Lipinski definition) is 1. The van der Waals surface area contributed by atoms with Crippen LogP contribution in [0.25, 0.3) is 0 Å². The van der Waals surface area contributed by atoms with Gasteiger partial charge in [-0.3, -0.25) is 0 Å². The Morgan fingerprint density at radius 3 is 2.38 bits per heavy atom. The molecule has 1 unspecified atom stereocenters. The van der Waals surface area contributed by atoms with Gasteiger partial charge in [0, 0.05) is 6.04 Å². The van der Waals surface area contributed by atoms with Crippen molar-refractivity contribution in [3.05, 3.63) is 0 Å². The van der Waals surface area contributed by atoms with Gasteiger partial charge >= 0.3 is 0 Å². The Kier molecular flexibility index (Phi) is 7.55. The van der Waals surface area contributed by atoms with E-state index < -0.39 is 0 Å². The Bertz CT molecular complexity index is 164. The first-order chi connectivity index (χ1) is 7.75. The lowest BCUT2D eigenvalue weighted by Gasteiger charge is -2.22. The molecule has 1 N–H and O–H groups in total. The summed E-state index contributed by atoms with van der Waals surface area (Å²) in [5.41, 5.74) is 0. The molecular formula is C14H29NS. The minimum absolute atomic E-state index is 0.797. The van der Waals surface area contributed by atoms with E-state index in [-0.39, 0.29) is 0 Å². The first-order valence-electron chi connectivity index (χ1n) is 6.98. The highest BCUT2D eigenvalue weighted by Crippen LogP contribution is 2.35. The zero-order valence-corrected chi connectivity index (χ0v) is 12.1. The third kappa shape index (κ3) is 6.15. The van der Waals surface area contributed by atoms with Crippen molar-refractivity contribution in [1.29, 1.82) is 0 Å². The summed E-state index contributed by atoms with van der Waals surface area (Å²) in [5, 5.41) is 3.77. The third-order valence-corrected chi connectivity index (χ3v) is 4.20. The van der Waals surface area contributed by atoms with Crippen molar-refractivity contribution >= 4 is 11.8 Å². The van der Waals surface area contributed by atoms with Gasteiger partial charge in [-0.1, -0.05) is 26.7 Å². The SMILES string of the molecule is CSCCCCCCNC(C(C)C)C1CC1. The van der Waals surface area contributed by atoms with Gasteiger partial charge in [-0.05, 0) is 56.1 Å². The topological polar surface area (TPSA) is 12.0 Å². The van der Waals surface area contributed by atoms with Crippen LogP contribution in [-0.2, 0) is 0 Å². The third-order valence-electron chi connectivity index (χ3n) is 3.50. The predicted octanol–water partition coefficient (Wildman–Crippen LogP) is 3.93. The van der Waals surface area contributed by atoms with Crippen LogP contribution >= 0.6 is 11.8 Å². The van der Waals surface area contributed by atoms with Gasteiger partial charge < -0.3 is 5.32 Å². The second-order valence-corrected chi connectivity index (χ2v) is 6.45. The van der Waals surface area contributed by atoms with Crippen molar-refractivity contribution in [2.45, 2.75) is 58.4 Å². The first-order valence-corrected chi connectivity index (χ1v) is 8.37. The summed E-state index contributed by atoms with van der Waals surface area (Å²) in [6.45, 7) is 5.95. The second-order valence-electron chi connectivity index (χ2n) is 5.47. The van der Waals surface area contributed by atoms with Gasteiger partial charge in [0.25, 0.3) is 0 Å². The largest absolute Gasteiger partial charge is 0.313 e. The van der Waals surface area contributed by atoms with Crippen molar-refractivity contribution in [3.63, 3.8) is 0 Å². The molecule has 1 fully saturated rings. The summed E-state index contributed by atoms with van der Waals surface area (Å²) in [5.74, 6) is 3.14. The van der Waals surface area contributed by atoms with Crippen LogP contribution in [0.15, 0.2) is 0 Å². The van der Waals surface area contributed by atoms with Crippen LogP contribution in [0.1, 0.15) is 52.4 Å². The highest BCUT2D eigenvalue weighted by molar-refractivity contribution is 7.98. The smallest absolute Gasteiger partial charge is 0.0118 e. The number of hydrogen-bond acceptors (Lipinski definition) is 2. The standard InChI is InChI=1S/C14H29NS/c1-12(2)14(13-8-9-13)15-10-6-4-5-7-11-16-3/h12-15H,4-11H2,1-3H3. The first kappa shape index (κ1) is 14.4. The van der Waals surface area contributed by atoms with E-state index in [0.29, 0.717) is 0 Å². The van der Waals surface area contributed by atoms with E-state index in [1.54, 1.807) is 0 Å². The van der Waals surface area contributed by atoms with Gasteiger partial charge in [-0.2, -0.15) is 11.8 Å². The Morgan fingerprint density at radius 2 is 1.81 bits per heavy atom. The monoisotopic (exact) mass is 243 g/mol. The normalized spacial score (nSPS) is 18.0. The molecule has 96 valence electrons. The Balaban J connectivity index is 1.92. The molecule has 1 nitrogen and oxygen atoms in total. The summed E-state index contributed by atoms with van der Waals surface area (Å²) in [7, 11) is 0. The van der Waals surface area contributed by atoms with Gasteiger partial charge in [-0.25, -0.2) is 0 Å². The molecule has 0 radical (unpaired) electrons. The van der Waals surface area contributed by atoms with E-state index in [1.165, 1.54) is 50.8 Å². The van der Waals surface area contributed by atoms with Crippen LogP contribution in [0, 0.1) is 11.8 Å². The zero-order chi connectivity index (χ0) is 11.8. The summed E-state index contributed by atoms with van der Waals surface area (Å²) in [6, 6.07) is 0.797. The van der Waals surface area contributed by atoms with Gasteiger partial charge in [0.1, 0.15) is 0 Å². The fraction of sp³-hybridized carbons (Fsp3) is 1.00. The number of unbranched alkanes of at least 4 members (excludes halogenated alkanes) is 3. The van der Waals surface area contributed by atoms with Gasteiger partial charge in [0.05, 0.1) is 0 Å². The van der Waals surface area contributed by atoms with Crippen molar-refractivity contribution in [2.75, 3.05) is 18.6 Å². The summed E-state index contributed by atoms with van der Waals surface area (Å²) in [6.07, 6.45) is 10.7. The number of thioether (sulfide) groups is 1. The fourth-order valence-corrected chi connectivity index (χ4v) is 2.89. The van der Waals surface area contributed by atoms with E-state index in [0.717, 1.165) is 17.9 Å². The fourth-order valence-electron chi connectivity index (χ4n) is 2.40. The van der Waals surface area contributed by atoms with Crippen LogP contribution in [0.2, 0.25) is 0 Å². The average Bonchev–Trinajstić information content (AvgIpc) is 3.05. The Labute approximate surface area is 106 Å². The minimum Gasteiger partial charge on any atom is -0.313 e. The second kappa shape index (κ2) is 8.41. The maximum absolute atomic E-state index is 3.77. The van der Waals surface area contributed by atoms with Crippen LogP contribution < -0.4 is 5.32 Å². The highest BCUT2D eigenvalue weighted by atomic mass is 32.2. The van der Waals surface area contributed by atoms with E-state index in [9.17, 15) is 0 Å². The molecule has 1 aliphatic rings. The van der Waals surface area contributed by atoms with Crippen LogP contribution in [0.3, 0.4) is 0 Å². The van der Waals surface area contributed by atoms with Gasteiger partial charge in [0.15, 0.2) is 0 Å². The maximum atomic E-state index is 3.77. The molecule has 1 aliphatic carbocycles. The number of nitrogens with one attached hydrogen (secondary N) is 1. The van der Waals surface area contributed by atoms with E-state index >= 15 is 0 Å². The summed E-state index contributed by atoms with van der Waals surface area (Å²) < 4.78 is 0. The van der Waals surface area contributed by atoms with E-state index in [1.807, 2.05) is 11.8 Å². The zero-order valence-electron chi connectivity index (χ0n) is 11.3. The molecule has 1 atom stereocenters. The molecule has 0 heterocycles. The lowest BCUT2D eigenvalue weighted by atomic mass is 9.99. The van der Waals surface area contributed by atoms with Crippen molar-refractivity contribution < 1.29 is 0 Å². The van der Waals surface area contributed by atoms with Gasteiger partial charge in [-0.15, -0.1) is 0 Å². The Hall–Kier alpha value is 0.310. The molecule has 0 aliphatic heterocycles. The molecule has 0 saturated heterocycles. The molecule has 0 spiro atoms. The minimum atomic E-state index is 0.797. The van der Waals surface area contributed by atoms with Gasteiger partial charge in [0.2, 0.25) is 0 Å². The average molecular weight is 243 g/mol. The van der Waals surface area contributed by atoms with E-state index in [2.05, 4.69) is 25.4 Å². The maximum Gasteiger partial charge on any atom is 0.0118 e. The molecular weight excluding hydrogens is 214 g/mol. The number of rotatable bonds is 10. The van der Waals surface area contributed by atoms with Crippen LogP contribution in [0.4, 0.5) is 0 Å². The Morgan fingerprint density at radius 1 is 1.12 bits per heavy atom. The quantitative estimate of drug-likeness (QED) is 0.583. The molecule has 0 bridgehead atoms. The van der Waals surface area contributed by atoms with Crippen molar-refractivity contribution in [3.8, 4) is 0 Å².